The number of benzene rings is 1. The van der Waals surface area contributed by atoms with E-state index < -0.39 is 5.97 Å². The van der Waals surface area contributed by atoms with Gasteiger partial charge in [0.15, 0.2) is 0 Å². The Bertz CT molecular complexity index is 480. The van der Waals surface area contributed by atoms with Crippen molar-refractivity contribution in [3.8, 4) is 12.3 Å². The molecule has 0 fully saturated rings. The molecule has 0 aromatic heterocycles. The third-order valence-corrected chi connectivity index (χ3v) is 2.72. The van der Waals surface area contributed by atoms with Gasteiger partial charge in [-0.1, -0.05) is 36.3 Å². The van der Waals surface area contributed by atoms with E-state index in [-0.39, 0.29) is 25.0 Å². The van der Waals surface area contributed by atoms with Crippen LogP contribution in [0, 0.1) is 12.3 Å². The first-order valence-corrected chi connectivity index (χ1v) is 6.35. The Labute approximate surface area is 118 Å². The molecular formula is C15H18N2O3. The molecule has 1 aromatic carbocycles. The van der Waals surface area contributed by atoms with Gasteiger partial charge in [0, 0.05) is 12.5 Å². The number of hydrogen-bond acceptors (Lipinski definition) is 2. The lowest BCUT2D eigenvalue weighted by molar-refractivity contribution is -0.137. The molecule has 0 saturated carbocycles. The number of urea groups is 1. The lowest BCUT2D eigenvalue weighted by atomic mass is 10.0. The summed E-state index contributed by atoms with van der Waals surface area (Å²) >= 11 is 0. The van der Waals surface area contributed by atoms with Crippen molar-refractivity contribution < 1.29 is 14.7 Å². The lowest BCUT2D eigenvalue weighted by Crippen LogP contribution is -2.43. The van der Waals surface area contributed by atoms with E-state index in [0.29, 0.717) is 12.8 Å². The number of carbonyl (C=O) groups is 2. The van der Waals surface area contributed by atoms with E-state index in [1.165, 1.54) is 0 Å². The van der Waals surface area contributed by atoms with E-state index >= 15 is 0 Å². The first-order valence-electron chi connectivity index (χ1n) is 6.35. The van der Waals surface area contributed by atoms with Crippen LogP contribution in [0.25, 0.3) is 0 Å². The summed E-state index contributed by atoms with van der Waals surface area (Å²) in [6.45, 7) is 0.142. The molecule has 0 aliphatic rings. The molecule has 1 atom stereocenters. The summed E-state index contributed by atoms with van der Waals surface area (Å²) in [6, 6.07) is 8.97. The highest BCUT2D eigenvalue weighted by molar-refractivity contribution is 5.74. The van der Waals surface area contributed by atoms with Crippen molar-refractivity contribution in [2.45, 2.75) is 25.3 Å². The molecule has 106 valence electrons. The topological polar surface area (TPSA) is 78.4 Å². The van der Waals surface area contributed by atoms with Crippen LogP contribution in [0.15, 0.2) is 30.3 Å². The van der Waals surface area contributed by atoms with Gasteiger partial charge in [-0.25, -0.2) is 4.79 Å². The van der Waals surface area contributed by atoms with Crippen LogP contribution < -0.4 is 10.6 Å². The highest BCUT2D eigenvalue weighted by atomic mass is 16.4. The largest absolute Gasteiger partial charge is 0.481 e. The zero-order valence-electron chi connectivity index (χ0n) is 11.1. The van der Waals surface area contributed by atoms with E-state index in [9.17, 15) is 9.59 Å². The Balaban J connectivity index is 2.57. The Morgan fingerprint density at radius 2 is 2.00 bits per heavy atom. The van der Waals surface area contributed by atoms with Crippen LogP contribution in [0.1, 0.15) is 18.4 Å². The SMILES string of the molecule is C#CCNC(=O)NC(CCC(=O)O)Cc1ccccc1. The molecule has 0 spiro atoms. The number of nitrogens with one attached hydrogen (secondary N) is 2. The van der Waals surface area contributed by atoms with E-state index in [4.69, 9.17) is 11.5 Å². The molecule has 1 rings (SSSR count). The molecular weight excluding hydrogens is 256 g/mol. The van der Waals surface area contributed by atoms with Crippen molar-refractivity contribution in [2.75, 3.05) is 6.54 Å². The van der Waals surface area contributed by atoms with Crippen molar-refractivity contribution >= 4 is 12.0 Å². The van der Waals surface area contributed by atoms with Gasteiger partial charge >= 0.3 is 12.0 Å². The summed E-state index contributed by atoms with van der Waals surface area (Å²) in [5.41, 5.74) is 1.04. The van der Waals surface area contributed by atoms with Crippen LogP contribution in [0.2, 0.25) is 0 Å². The number of aliphatic carboxylic acids is 1. The number of rotatable bonds is 7. The second-order valence-electron chi connectivity index (χ2n) is 4.35. The van der Waals surface area contributed by atoms with E-state index in [2.05, 4.69) is 16.6 Å². The van der Waals surface area contributed by atoms with Crippen LogP contribution in [-0.2, 0) is 11.2 Å². The predicted molar refractivity (Wildman–Crippen MR) is 76.2 cm³/mol. The van der Waals surface area contributed by atoms with Crippen LogP contribution in [0.3, 0.4) is 0 Å². The van der Waals surface area contributed by atoms with Gasteiger partial charge in [-0.2, -0.15) is 0 Å². The third kappa shape index (κ3) is 6.45. The summed E-state index contributed by atoms with van der Waals surface area (Å²) in [6.07, 6.45) is 6.02. The van der Waals surface area contributed by atoms with Crippen molar-refractivity contribution in [1.82, 2.24) is 10.6 Å². The maximum absolute atomic E-state index is 11.6. The highest BCUT2D eigenvalue weighted by Crippen LogP contribution is 2.07. The van der Waals surface area contributed by atoms with E-state index in [0.717, 1.165) is 5.56 Å². The van der Waals surface area contributed by atoms with Gasteiger partial charge in [0.1, 0.15) is 0 Å². The van der Waals surface area contributed by atoms with Gasteiger partial charge in [0.25, 0.3) is 0 Å². The van der Waals surface area contributed by atoms with Crippen LogP contribution in [0.4, 0.5) is 4.79 Å². The molecule has 2 amide bonds. The average Bonchev–Trinajstić information content (AvgIpc) is 2.43. The second kappa shape index (κ2) is 8.59. The molecule has 1 aromatic rings. The fourth-order valence-corrected chi connectivity index (χ4v) is 1.79. The molecule has 5 nitrogen and oxygen atoms in total. The number of carboxylic acids is 1. The van der Waals surface area contributed by atoms with Crippen molar-refractivity contribution in [3.63, 3.8) is 0 Å². The first kappa shape index (κ1) is 15.6. The fraction of sp³-hybridized carbons (Fsp3) is 0.333. The first-order chi connectivity index (χ1) is 9.61. The minimum Gasteiger partial charge on any atom is -0.481 e. The Morgan fingerprint density at radius 1 is 1.30 bits per heavy atom. The van der Waals surface area contributed by atoms with Crippen LogP contribution in [-0.4, -0.2) is 29.7 Å². The zero-order chi connectivity index (χ0) is 14.8. The molecule has 20 heavy (non-hydrogen) atoms. The smallest absolute Gasteiger partial charge is 0.315 e. The fourth-order valence-electron chi connectivity index (χ4n) is 1.79. The van der Waals surface area contributed by atoms with Crippen LogP contribution in [0.5, 0.6) is 0 Å². The van der Waals surface area contributed by atoms with Crippen LogP contribution >= 0.6 is 0 Å². The minimum absolute atomic E-state index is 0.00686. The predicted octanol–water partition coefficient (Wildman–Crippen LogP) is 1.39. The van der Waals surface area contributed by atoms with Gasteiger partial charge < -0.3 is 15.7 Å². The van der Waals surface area contributed by atoms with Crippen molar-refractivity contribution in [3.05, 3.63) is 35.9 Å². The monoisotopic (exact) mass is 274 g/mol. The molecule has 5 heteroatoms. The van der Waals surface area contributed by atoms with Crippen molar-refractivity contribution in [2.24, 2.45) is 0 Å². The number of carboxylic acid groups (broad SMARTS) is 1. The summed E-state index contributed by atoms with van der Waals surface area (Å²) in [5.74, 6) is 1.43. The quantitative estimate of drug-likeness (QED) is 0.658. The van der Waals surface area contributed by atoms with Crippen molar-refractivity contribution in [1.29, 1.82) is 0 Å². The Kier molecular flexibility index (Phi) is 6.69. The van der Waals surface area contributed by atoms with Gasteiger partial charge in [-0.3, -0.25) is 4.79 Å². The Hall–Kier alpha value is -2.48. The van der Waals surface area contributed by atoms with Gasteiger partial charge in [0.05, 0.1) is 6.54 Å². The van der Waals surface area contributed by atoms with Gasteiger partial charge in [-0.05, 0) is 18.4 Å². The molecule has 0 saturated heterocycles. The molecule has 1 unspecified atom stereocenters. The second-order valence-corrected chi connectivity index (χ2v) is 4.35. The summed E-state index contributed by atoms with van der Waals surface area (Å²) < 4.78 is 0. The molecule has 0 radical (unpaired) electrons. The number of amides is 2. The van der Waals surface area contributed by atoms with E-state index in [1.54, 1.807) is 0 Å². The zero-order valence-corrected chi connectivity index (χ0v) is 11.1. The van der Waals surface area contributed by atoms with Gasteiger partial charge in [0.2, 0.25) is 0 Å². The summed E-state index contributed by atoms with van der Waals surface area (Å²) in [5, 5.41) is 14.0. The highest BCUT2D eigenvalue weighted by Gasteiger charge is 2.14. The maximum Gasteiger partial charge on any atom is 0.315 e. The molecule has 0 aliphatic heterocycles. The van der Waals surface area contributed by atoms with Gasteiger partial charge in [-0.15, -0.1) is 6.42 Å². The molecule has 0 heterocycles. The average molecular weight is 274 g/mol. The number of hydrogen-bond donors (Lipinski definition) is 3. The molecule has 3 N–H and O–H groups in total. The lowest BCUT2D eigenvalue weighted by Gasteiger charge is -2.18. The number of terminal acetylenes is 1. The summed E-state index contributed by atoms with van der Waals surface area (Å²) in [4.78, 5) is 22.2. The maximum atomic E-state index is 11.6. The third-order valence-electron chi connectivity index (χ3n) is 2.72. The summed E-state index contributed by atoms with van der Waals surface area (Å²) in [7, 11) is 0. The molecule has 0 aliphatic carbocycles. The number of carbonyl (C=O) groups excluding carboxylic acids is 1. The normalized spacial score (nSPS) is 11.2. The van der Waals surface area contributed by atoms with E-state index in [1.807, 2.05) is 30.3 Å². The standard InChI is InChI=1S/C15H18N2O3/c1-2-10-16-15(20)17-13(8-9-14(18)19)11-12-6-4-3-5-7-12/h1,3-7,13H,8-11H2,(H,18,19)(H2,16,17,20). The minimum atomic E-state index is -0.881. The Morgan fingerprint density at radius 3 is 2.60 bits per heavy atom. The molecule has 0 bridgehead atoms.